The van der Waals surface area contributed by atoms with Crippen LogP contribution in [0.2, 0.25) is 0 Å². The lowest BCUT2D eigenvalue weighted by molar-refractivity contribution is 0.956. The van der Waals surface area contributed by atoms with Crippen LogP contribution in [0.5, 0.6) is 0 Å². The molecule has 0 unspecified atom stereocenters. The third-order valence-corrected chi connectivity index (χ3v) is 4.28. The van der Waals surface area contributed by atoms with Gasteiger partial charge in [0.2, 0.25) is 0 Å². The fraction of sp³-hybridized carbons (Fsp3) is 0.412. The number of fused-ring (bicyclic) bond motifs is 1. The quantitative estimate of drug-likeness (QED) is 0.939. The van der Waals surface area contributed by atoms with Crippen molar-refractivity contribution in [2.45, 2.75) is 26.7 Å². The van der Waals surface area contributed by atoms with Crippen LogP contribution in [-0.2, 0) is 12.8 Å². The number of rotatable bonds is 3. The molecule has 1 aromatic heterocycles. The molecule has 0 bridgehead atoms. The first-order valence-corrected chi connectivity index (χ1v) is 7.53. The van der Waals surface area contributed by atoms with Gasteiger partial charge in [0.15, 0.2) is 5.82 Å². The van der Waals surface area contributed by atoms with Gasteiger partial charge in [-0.1, -0.05) is 6.92 Å². The summed E-state index contributed by atoms with van der Waals surface area (Å²) in [4.78, 5) is 11.7. The monoisotopic (exact) mass is 282 g/mol. The van der Waals surface area contributed by atoms with Crippen LogP contribution in [0.25, 0.3) is 11.4 Å². The van der Waals surface area contributed by atoms with Crippen LogP contribution in [0.1, 0.15) is 23.7 Å². The fourth-order valence-corrected chi connectivity index (χ4v) is 2.99. The van der Waals surface area contributed by atoms with E-state index in [1.165, 1.54) is 11.3 Å². The SMILES string of the molecule is CCc1nc(-c2ccc3c(c2)CCN3C)nc(NC)c1C. The molecule has 0 fully saturated rings. The molecule has 0 atom stereocenters. The van der Waals surface area contributed by atoms with Crippen LogP contribution in [-0.4, -0.2) is 30.6 Å². The Bertz CT molecular complexity index is 653. The van der Waals surface area contributed by atoms with Crippen molar-refractivity contribution in [2.75, 3.05) is 30.9 Å². The normalized spacial score (nSPS) is 13.4. The summed E-state index contributed by atoms with van der Waals surface area (Å²) in [5, 5.41) is 3.18. The van der Waals surface area contributed by atoms with Crippen LogP contribution in [0, 0.1) is 6.92 Å². The topological polar surface area (TPSA) is 41.1 Å². The smallest absolute Gasteiger partial charge is 0.161 e. The summed E-state index contributed by atoms with van der Waals surface area (Å²) >= 11 is 0. The molecule has 110 valence electrons. The second kappa shape index (κ2) is 5.35. The average Bonchev–Trinajstić information content (AvgIpc) is 2.88. The lowest BCUT2D eigenvalue weighted by Gasteiger charge is -2.13. The first-order valence-electron chi connectivity index (χ1n) is 7.53. The average molecular weight is 282 g/mol. The first kappa shape index (κ1) is 13.9. The molecule has 0 aliphatic carbocycles. The van der Waals surface area contributed by atoms with Crippen molar-refractivity contribution in [3.8, 4) is 11.4 Å². The lowest BCUT2D eigenvalue weighted by Crippen LogP contribution is -2.12. The Morgan fingerprint density at radius 2 is 2.10 bits per heavy atom. The van der Waals surface area contributed by atoms with Crippen molar-refractivity contribution in [1.29, 1.82) is 0 Å². The highest BCUT2D eigenvalue weighted by atomic mass is 15.1. The molecule has 21 heavy (non-hydrogen) atoms. The van der Waals surface area contributed by atoms with Gasteiger partial charge >= 0.3 is 0 Å². The second-order valence-electron chi connectivity index (χ2n) is 5.59. The molecular formula is C17H22N4. The summed E-state index contributed by atoms with van der Waals surface area (Å²) in [6.45, 7) is 5.30. The maximum atomic E-state index is 4.75. The molecular weight excluding hydrogens is 260 g/mol. The molecule has 1 aromatic carbocycles. The van der Waals surface area contributed by atoms with Crippen LogP contribution < -0.4 is 10.2 Å². The van der Waals surface area contributed by atoms with E-state index in [-0.39, 0.29) is 0 Å². The van der Waals surface area contributed by atoms with E-state index in [1.807, 2.05) is 7.05 Å². The highest BCUT2D eigenvalue weighted by molar-refractivity contribution is 5.68. The predicted molar refractivity (Wildman–Crippen MR) is 88.1 cm³/mol. The zero-order valence-electron chi connectivity index (χ0n) is 13.2. The van der Waals surface area contributed by atoms with Crippen LogP contribution >= 0.6 is 0 Å². The van der Waals surface area contributed by atoms with Crippen molar-refractivity contribution >= 4 is 11.5 Å². The van der Waals surface area contributed by atoms with Crippen LogP contribution in [0.3, 0.4) is 0 Å². The van der Waals surface area contributed by atoms with Gasteiger partial charge in [-0.05, 0) is 43.5 Å². The minimum atomic E-state index is 0.819. The summed E-state index contributed by atoms with van der Waals surface area (Å²) in [5.74, 6) is 1.74. The highest BCUT2D eigenvalue weighted by Gasteiger charge is 2.17. The molecule has 1 aliphatic rings. The van der Waals surface area contributed by atoms with Gasteiger partial charge in [-0.3, -0.25) is 0 Å². The summed E-state index contributed by atoms with van der Waals surface area (Å²) in [7, 11) is 4.05. The van der Waals surface area contributed by atoms with Gasteiger partial charge in [0.05, 0.1) is 0 Å². The summed E-state index contributed by atoms with van der Waals surface area (Å²) in [6, 6.07) is 6.55. The standard InChI is InChI=1S/C17H22N4/c1-5-14-11(2)16(18-3)20-17(19-14)13-6-7-15-12(10-13)8-9-21(15)4/h6-7,10H,5,8-9H2,1-4H3,(H,18,19,20). The number of aromatic nitrogens is 2. The van der Waals surface area contributed by atoms with E-state index in [0.717, 1.165) is 47.8 Å². The zero-order valence-corrected chi connectivity index (χ0v) is 13.2. The van der Waals surface area contributed by atoms with Crippen molar-refractivity contribution < 1.29 is 0 Å². The zero-order chi connectivity index (χ0) is 15.0. The maximum Gasteiger partial charge on any atom is 0.161 e. The minimum absolute atomic E-state index is 0.819. The molecule has 4 heteroatoms. The van der Waals surface area contributed by atoms with Gasteiger partial charge in [0, 0.05) is 43.1 Å². The van der Waals surface area contributed by atoms with Crippen molar-refractivity contribution in [3.05, 3.63) is 35.0 Å². The van der Waals surface area contributed by atoms with Gasteiger partial charge in [0.25, 0.3) is 0 Å². The molecule has 4 nitrogen and oxygen atoms in total. The van der Waals surface area contributed by atoms with E-state index in [4.69, 9.17) is 4.98 Å². The van der Waals surface area contributed by atoms with Crippen molar-refractivity contribution in [2.24, 2.45) is 0 Å². The highest BCUT2D eigenvalue weighted by Crippen LogP contribution is 2.31. The van der Waals surface area contributed by atoms with Gasteiger partial charge < -0.3 is 10.2 Å². The number of nitrogens with one attached hydrogen (secondary N) is 1. The van der Waals surface area contributed by atoms with E-state index in [2.05, 4.69) is 54.3 Å². The number of likely N-dealkylation sites (N-methyl/N-ethyl adjacent to an activating group) is 1. The van der Waals surface area contributed by atoms with Crippen molar-refractivity contribution in [3.63, 3.8) is 0 Å². The number of hydrogen-bond acceptors (Lipinski definition) is 4. The molecule has 1 aliphatic heterocycles. The number of anilines is 2. The third kappa shape index (κ3) is 2.35. The number of hydrogen-bond donors (Lipinski definition) is 1. The van der Waals surface area contributed by atoms with Gasteiger partial charge in [-0.2, -0.15) is 0 Å². The second-order valence-corrected chi connectivity index (χ2v) is 5.59. The number of benzene rings is 1. The molecule has 0 spiro atoms. The van der Waals surface area contributed by atoms with Gasteiger partial charge in [0.1, 0.15) is 5.82 Å². The first-order chi connectivity index (χ1) is 10.1. The Morgan fingerprint density at radius 1 is 1.29 bits per heavy atom. The van der Waals surface area contributed by atoms with Crippen molar-refractivity contribution in [1.82, 2.24) is 9.97 Å². The fourth-order valence-electron chi connectivity index (χ4n) is 2.99. The molecule has 0 radical (unpaired) electrons. The molecule has 3 rings (SSSR count). The maximum absolute atomic E-state index is 4.75. The Morgan fingerprint density at radius 3 is 2.81 bits per heavy atom. The Balaban J connectivity index is 2.08. The van der Waals surface area contributed by atoms with E-state index in [9.17, 15) is 0 Å². The summed E-state index contributed by atoms with van der Waals surface area (Å²) < 4.78 is 0. The summed E-state index contributed by atoms with van der Waals surface area (Å²) in [5.41, 5.74) is 6.08. The van der Waals surface area contributed by atoms with Gasteiger partial charge in [-0.15, -0.1) is 0 Å². The number of aryl methyl sites for hydroxylation is 1. The van der Waals surface area contributed by atoms with Gasteiger partial charge in [-0.25, -0.2) is 9.97 Å². The molecule has 0 saturated heterocycles. The predicted octanol–water partition coefficient (Wildman–Crippen LogP) is 3.05. The Labute approximate surface area is 126 Å². The van der Waals surface area contributed by atoms with E-state index in [1.54, 1.807) is 0 Å². The molecule has 2 heterocycles. The lowest BCUT2D eigenvalue weighted by atomic mass is 10.1. The van der Waals surface area contributed by atoms with Crippen LogP contribution in [0.4, 0.5) is 11.5 Å². The van der Waals surface area contributed by atoms with E-state index >= 15 is 0 Å². The van der Waals surface area contributed by atoms with E-state index in [0.29, 0.717) is 0 Å². The third-order valence-electron chi connectivity index (χ3n) is 4.28. The Kier molecular flexibility index (Phi) is 3.53. The Hall–Kier alpha value is -2.10. The molecule has 0 amide bonds. The minimum Gasteiger partial charge on any atom is -0.374 e. The summed E-state index contributed by atoms with van der Waals surface area (Å²) in [6.07, 6.45) is 2.02. The largest absolute Gasteiger partial charge is 0.374 e. The molecule has 2 aromatic rings. The van der Waals surface area contributed by atoms with Crippen LogP contribution in [0.15, 0.2) is 18.2 Å². The molecule has 0 saturated carbocycles. The number of nitrogens with zero attached hydrogens (tertiary/aromatic N) is 3. The molecule has 1 N–H and O–H groups in total. The van der Waals surface area contributed by atoms with E-state index < -0.39 is 0 Å².